The molecule has 0 heterocycles. The molecular weight excluding hydrogens is 277 g/mol. The van der Waals surface area contributed by atoms with Crippen LogP contribution in [-0.2, 0) is 6.18 Å². The Morgan fingerprint density at radius 3 is 2.33 bits per heavy atom. The molecule has 120 valence electrons. The maximum Gasteiger partial charge on any atom is 0.416 e. The fourth-order valence-corrected chi connectivity index (χ4v) is 2.40. The van der Waals surface area contributed by atoms with Crippen LogP contribution in [0.4, 0.5) is 13.2 Å². The number of halogens is 3. The quantitative estimate of drug-likeness (QED) is 0.820. The van der Waals surface area contributed by atoms with Crippen LogP contribution in [0, 0.1) is 5.92 Å². The standard InChI is InChI=1S/C16H25F3N2/c1-5-21(10-12(2)3)11-15(20-4)13-7-6-8-14(9-13)16(17,18)19/h6-9,12,15,20H,5,10-11H2,1-4H3. The third-order valence-electron chi connectivity index (χ3n) is 3.48. The first kappa shape index (κ1) is 18.0. The summed E-state index contributed by atoms with van der Waals surface area (Å²) in [6.07, 6.45) is -4.29. The predicted molar refractivity (Wildman–Crippen MR) is 80.2 cm³/mol. The van der Waals surface area contributed by atoms with Crippen LogP contribution in [0.3, 0.4) is 0 Å². The lowest BCUT2D eigenvalue weighted by Crippen LogP contribution is -2.36. The highest BCUT2D eigenvalue weighted by Gasteiger charge is 2.31. The molecule has 2 nitrogen and oxygen atoms in total. The van der Waals surface area contributed by atoms with E-state index in [0.29, 0.717) is 18.0 Å². The number of likely N-dealkylation sites (N-methyl/N-ethyl adjacent to an activating group) is 2. The van der Waals surface area contributed by atoms with Crippen molar-refractivity contribution in [3.63, 3.8) is 0 Å². The minimum Gasteiger partial charge on any atom is -0.312 e. The monoisotopic (exact) mass is 302 g/mol. The van der Waals surface area contributed by atoms with Gasteiger partial charge in [0.25, 0.3) is 0 Å². The van der Waals surface area contributed by atoms with Crippen molar-refractivity contribution in [3.8, 4) is 0 Å². The lowest BCUT2D eigenvalue weighted by Gasteiger charge is -2.28. The van der Waals surface area contributed by atoms with Gasteiger partial charge >= 0.3 is 6.18 Å². The second-order valence-electron chi connectivity index (χ2n) is 5.71. The summed E-state index contributed by atoms with van der Waals surface area (Å²) in [5.41, 5.74) is 0.0849. The Hall–Kier alpha value is -1.07. The number of hydrogen-bond donors (Lipinski definition) is 1. The maximum absolute atomic E-state index is 12.8. The van der Waals surface area contributed by atoms with E-state index < -0.39 is 11.7 Å². The van der Waals surface area contributed by atoms with Gasteiger partial charge in [-0.1, -0.05) is 32.9 Å². The normalized spacial score (nSPS) is 14.0. The van der Waals surface area contributed by atoms with E-state index in [9.17, 15) is 13.2 Å². The largest absolute Gasteiger partial charge is 0.416 e. The van der Waals surface area contributed by atoms with Crippen LogP contribution in [0.2, 0.25) is 0 Å². The van der Waals surface area contributed by atoms with Crippen LogP contribution in [0.15, 0.2) is 24.3 Å². The Morgan fingerprint density at radius 2 is 1.86 bits per heavy atom. The minimum atomic E-state index is -4.29. The molecular formula is C16H25F3N2. The van der Waals surface area contributed by atoms with Gasteiger partial charge in [0.05, 0.1) is 5.56 Å². The Balaban J connectivity index is 2.89. The molecule has 0 saturated heterocycles. The van der Waals surface area contributed by atoms with Crippen molar-refractivity contribution in [1.29, 1.82) is 0 Å². The second kappa shape index (κ2) is 7.80. The molecule has 1 aromatic carbocycles. The van der Waals surface area contributed by atoms with E-state index in [-0.39, 0.29) is 6.04 Å². The molecule has 0 aliphatic carbocycles. The number of hydrogen-bond acceptors (Lipinski definition) is 2. The fraction of sp³-hybridized carbons (Fsp3) is 0.625. The van der Waals surface area contributed by atoms with Crippen LogP contribution >= 0.6 is 0 Å². The van der Waals surface area contributed by atoms with Gasteiger partial charge < -0.3 is 10.2 Å². The zero-order chi connectivity index (χ0) is 16.0. The van der Waals surface area contributed by atoms with Crippen LogP contribution in [0.25, 0.3) is 0 Å². The van der Waals surface area contributed by atoms with Gasteiger partial charge in [0.1, 0.15) is 0 Å². The van der Waals surface area contributed by atoms with Crippen LogP contribution in [0.5, 0.6) is 0 Å². The topological polar surface area (TPSA) is 15.3 Å². The van der Waals surface area contributed by atoms with Crippen LogP contribution in [0.1, 0.15) is 37.9 Å². The molecule has 0 saturated carbocycles. The number of rotatable bonds is 7. The number of benzene rings is 1. The second-order valence-corrected chi connectivity index (χ2v) is 5.71. The zero-order valence-corrected chi connectivity index (χ0v) is 13.2. The van der Waals surface area contributed by atoms with Crippen LogP contribution in [-0.4, -0.2) is 31.6 Å². The first-order valence-corrected chi connectivity index (χ1v) is 7.34. The van der Waals surface area contributed by atoms with E-state index >= 15 is 0 Å². The third-order valence-corrected chi connectivity index (χ3v) is 3.48. The third kappa shape index (κ3) is 5.67. The summed E-state index contributed by atoms with van der Waals surface area (Å²) < 4.78 is 38.4. The highest BCUT2D eigenvalue weighted by molar-refractivity contribution is 5.28. The molecule has 1 rings (SSSR count). The Kier molecular flexibility index (Phi) is 6.68. The Bertz CT molecular complexity index is 430. The highest BCUT2D eigenvalue weighted by Crippen LogP contribution is 2.30. The lowest BCUT2D eigenvalue weighted by atomic mass is 10.0. The molecule has 0 spiro atoms. The molecule has 21 heavy (non-hydrogen) atoms. The van der Waals surface area contributed by atoms with Gasteiger partial charge in [0.15, 0.2) is 0 Å². The van der Waals surface area contributed by atoms with E-state index in [1.807, 2.05) is 0 Å². The number of alkyl halides is 3. The molecule has 1 N–H and O–H groups in total. The van der Waals surface area contributed by atoms with Gasteiger partial charge in [-0.2, -0.15) is 13.2 Å². The molecule has 0 bridgehead atoms. The molecule has 0 radical (unpaired) electrons. The SMILES string of the molecule is CCN(CC(C)C)CC(NC)c1cccc(C(F)(F)F)c1. The van der Waals surface area contributed by atoms with E-state index in [1.54, 1.807) is 13.1 Å². The molecule has 0 aliphatic rings. The summed E-state index contributed by atoms with van der Waals surface area (Å²) in [4.78, 5) is 2.26. The number of nitrogens with one attached hydrogen (secondary N) is 1. The van der Waals surface area contributed by atoms with Crippen molar-refractivity contribution in [1.82, 2.24) is 10.2 Å². The van der Waals surface area contributed by atoms with Gasteiger partial charge in [0.2, 0.25) is 0 Å². The molecule has 0 aliphatic heterocycles. The molecule has 0 fully saturated rings. The predicted octanol–water partition coefficient (Wildman–Crippen LogP) is 3.94. The lowest BCUT2D eigenvalue weighted by molar-refractivity contribution is -0.137. The average Bonchev–Trinajstić information content (AvgIpc) is 2.42. The average molecular weight is 302 g/mol. The van der Waals surface area contributed by atoms with Crippen molar-refractivity contribution < 1.29 is 13.2 Å². The van der Waals surface area contributed by atoms with E-state index in [0.717, 1.165) is 19.2 Å². The summed E-state index contributed by atoms with van der Waals surface area (Å²) >= 11 is 0. The van der Waals surface area contributed by atoms with Gasteiger partial charge in [-0.05, 0) is 37.2 Å². The zero-order valence-electron chi connectivity index (χ0n) is 13.2. The number of nitrogens with zero attached hydrogens (tertiary/aromatic N) is 1. The summed E-state index contributed by atoms with van der Waals surface area (Å²) in [7, 11) is 1.79. The van der Waals surface area contributed by atoms with E-state index in [2.05, 4.69) is 31.0 Å². The molecule has 5 heteroatoms. The summed E-state index contributed by atoms with van der Waals surface area (Å²) in [6.45, 7) is 8.87. The van der Waals surface area contributed by atoms with E-state index in [1.165, 1.54) is 12.1 Å². The molecule has 0 aromatic heterocycles. The van der Waals surface area contributed by atoms with E-state index in [4.69, 9.17) is 0 Å². The van der Waals surface area contributed by atoms with Crippen molar-refractivity contribution in [2.24, 2.45) is 5.92 Å². The highest BCUT2D eigenvalue weighted by atomic mass is 19.4. The minimum absolute atomic E-state index is 0.106. The van der Waals surface area contributed by atoms with Gasteiger partial charge in [0, 0.05) is 19.1 Å². The van der Waals surface area contributed by atoms with Crippen molar-refractivity contribution in [3.05, 3.63) is 35.4 Å². The first-order chi connectivity index (χ1) is 9.77. The molecule has 0 amide bonds. The molecule has 1 aromatic rings. The van der Waals surface area contributed by atoms with Crippen LogP contribution < -0.4 is 5.32 Å². The summed E-state index contributed by atoms with van der Waals surface area (Å²) in [5, 5.41) is 3.13. The summed E-state index contributed by atoms with van der Waals surface area (Å²) in [6, 6.07) is 5.47. The fourth-order valence-electron chi connectivity index (χ4n) is 2.40. The van der Waals surface area contributed by atoms with Crippen molar-refractivity contribution in [2.45, 2.75) is 33.0 Å². The summed E-state index contributed by atoms with van der Waals surface area (Å²) in [5.74, 6) is 0.531. The molecule has 1 unspecified atom stereocenters. The Morgan fingerprint density at radius 1 is 1.19 bits per heavy atom. The van der Waals surface area contributed by atoms with Crippen molar-refractivity contribution >= 4 is 0 Å². The van der Waals surface area contributed by atoms with Gasteiger partial charge in [-0.25, -0.2) is 0 Å². The Labute approximate surface area is 125 Å². The van der Waals surface area contributed by atoms with Crippen molar-refractivity contribution in [2.75, 3.05) is 26.7 Å². The van der Waals surface area contributed by atoms with Gasteiger partial charge in [-0.3, -0.25) is 0 Å². The molecule has 1 atom stereocenters. The maximum atomic E-state index is 12.8. The smallest absolute Gasteiger partial charge is 0.312 e. The van der Waals surface area contributed by atoms with Gasteiger partial charge in [-0.15, -0.1) is 0 Å². The first-order valence-electron chi connectivity index (χ1n) is 7.34.